The summed E-state index contributed by atoms with van der Waals surface area (Å²) in [5, 5.41) is 4.96. The van der Waals surface area contributed by atoms with Gasteiger partial charge in [-0.1, -0.05) is 30.3 Å². The molecule has 1 aliphatic heterocycles. The largest absolute Gasteiger partial charge is 0.461 e. The molecule has 0 aliphatic carbocycles. The normalized spacial score (nSPS) is 13.1. The standard InChI is InChI=1S/C26H22N2O3/c1-17(29)27-23-10-8-19(9-11-23)25-15-22-16-28(13-12-24(22)31-25)26(30)21-7-6-18-4-2-3-5-20(18)14-21/h2-11,14-15H,12-13,16H2,1H3,(H,27,29). The van der Waals surface area contributed by atoms with Gasteiger partial charge in [-0.25, -0.2) is 0 Å². The zero-order valence-corrected chi connectivity index (χ0v) is 17.2. The van der Waals surface area contributed by atoms with Crippen LogP contribution in [0.2, 0.25) is 0 Å². The van der Waals surface area contributed by atoms with Gasteiger partial charge < -0.3 is 14.6 Å². The van der Waals surface area contributed by atoms with Gasteiger partial charge in [-0.05, 0) is 53.2 Å². The lowest BCUT2D eigenvalue weighted by Crippen LogP contribution is -2.35. The molecule has 5 heteroatoms. The van der Waals surface area contributed by atoms with Crippen LogP contribution in [0.1, 0.15) is 28.6 Å². The van der Waals surface area contributed by atoms with Crippen molar-refractivity contribution in [3.05, 3.63) is 89.7 Å². The summed E-state index contributed by atoms with van der Waals surface area (Å²) in [6.07, 6.45) is 0.693. The highest BCUT2D eigenvalue weighted by molar-refractivity contribution is 5.98. The van der Waals surface area contributed by atoms with Crippen LogP contribution in [-0.4, -0.2) is 23.3 Å². The van der Waals surface area contributed by atoms with E-state index in [1.54, 1.807) is 0 Å². The maximum atomic E-state index is 13.1. The zero-order valence-electron chi connectivity index (χ0n) is 17.2. The fourth-order valence-corrected chi connectivity index (χ4v) is 4.07. The molecular formula is C26H22N2O3. The average molecular weight is 410 g/mol. The Morgan fingerprint density at radius 3 is 2.48 bits per heavy atom. The molecule has 31 heavy (non-hydrogen) atoms. The van der Waals surface area contributed by atoms with Crippen LogP contribution in [0.5, 0.6) is 0 Å². The van der Waals surface area contributed by atoms with Gasteiger partial charge in [0.25, 0.3) is 5.91 Å². The topological polar surface area (TPSA) is 62.6 Å². The molecule has 2 heterocycles. The number of hydrogen-bond acceptors (Lipinski definition) is 3. The first-order chi connectivity index (χ1) is 15.1. The number of amides is 2. The third-order valence-electron chi connectivity index (χ3n) is 5.64. The number of fused-ring (bicyclic) bond motifs is 2. The molecule has 0 spiro atoms. The number of furan rings is 1. The minimum atomic E-state index is -0.0996. The van der Waals surface area contributed by atoms with Crippen LogP contribution in [-0.2, 0) is 17.8 Å². The first-order valence-electron chi connectivity index (χ1n) is 10.3. The number of anilines is 1. The van der Waals surface area contributed by atoms with Crippen LogP contribution in [0.4, 0.5) is 5.69 Å². The summed E-state index contributed by atoms with van der Waals surface area (Å²) in [6.45, 7) is 2.65. The SMILES string of the molecule is CC(=O)Nc1ccc(-c2cc3c(o2)CCN(C(=O)c2ccc4ccccc4c2)C3)cc1. The Hall–Kier alpha value is -3.86. The molecule has 0 saturated heterocycles. The number of carbonyl (C=O) groups excluding carboxylic acids is 2. The second kappa shape index (κ2) is 7.76. The number of nitrogens with one attached hydrogen (secondary N) is 1. The van der Waals surface area contributed by atoms with E-state index in [1.165, 1.54) is 6.92 Å². The second-order valence-corrected chi connectivity index (χ2v) is 7.86. The zero-order chi connectivity index (χ0) is 21.4. The van der Waals surface area contributed by atoms with E-state index < -0.39 is 0 Å². The van der Waals surface area contributed by atoms with Crippen molar-refractivity contribution in [3.8, 4) is 11.3 Å². The number of nitrogens with zero attached hydrogens (tertiary/aromatic N) is 1. The Balaban J connectivity index is 1.35. The summed E-state index contributed by atoms with van der Waals surface area (Å²) in [7, 11) is 0. The van der Waals surface area contributed by atoms with E-state index in [2.05, 4.69) is 5.32 Å². The molecule has 5 rings (SSSR count). The number of rotatable bonds is 3. The summed E-state index contributed by atoms with van der Waals surface area (Å²) < 4.78 is 6.08. The fourth-order valence-electron chi connectivity index (χ4n) is 4.07. The molecule has 1 aliphatic rings. The van der Waals surface area contributed by atoms with Crippen molar-refractivity contribution in [3.63, 3.8) is 0 Å². The van der Waals surface area contributed by atoms with E-state index in [0.717, 1.165) is 39.1 Å². The predicted octanol–water partition coefficient (Wildman–Crippen LogP) is 5.26. The van der Waals surface area contributed by atoms with Gasteiger partial charge >= 0.3 is 0 Å². The Kier molecular flexibility index (Phi) is 4.79. The lowest BCUT2D eigenvalue weighted by molar-refractivity contribution is -0.114. The maximum Gasteiger partial charge on any atom is 0.254 e. The Labute approximate surface area is 180 Å². The van der Waals surface area contributed by atoms with Gasteiger partial charge in [0.1, 0.15) is 11.5 Å². The molecule has 0 atom stereocenters. The third-order valence-corrected chi connectivity index (χ3v) is 5.64. The Morgan fingerprint density at radius 2 is 1.71 bits per heavy atom. The van der Waals surface area contributed by atoms with E-state index in [-0.39, 0.29) is 11.8 Å². The molecule has 5 nitrogen and oxygen atoms in total. The summed E-state index contributed by atoms with van der Waals surface area (Å²) in [5.41, 5.74) is 3.44. The van der Waals surface area contributed by atoms with E-state index in [0.29, 0.717) is 25.1 Å². The minimum absolute atomic E-state index is 0.0406. The third kappa shape index (κ3) is 3.82. The number of benzene rings is 3. The van der Waals surface area contributed by atoms with Crippen LogP contribution >= 0.6 is 0 Å². The summed E-state index contributed by atoms with van der Waals surface area (Å²) in [4.78, 5) is 26.2. The lowest BCUT2D eigenvalue weighted by atomic mass is 10.0. The number of hydrogen-bond donors (Lipinski definition) is 1. The fraction of sp³-hybridized carbons (Fsp3) is 0.154. The molecule has 3 aromatic carbocycles. The van der Waals surface area contributed by atoms with Gasteiger partial charge in [-0.15, -0.1) is 0 Å². The van der Waals surface area contributed by atoms with Gasteiger partial charge in [0.05, 0.1) is 0 Å². The molecule has 4 aromatic rings. The van der Waals surface area contributed by atoms with Crippen molar-refractivity contribution >= 4 is 28.3 Å². The molecular weight excluding hydrogens is 388 g/mol. The van der Waals surface area contributed by atoms with Gasteiger partial charge in [0, 0.05) is 48.8 Å². The smallest absolute Gasteiger partial charge is 0.254 e. The predicted molar refractivity (Wildman–Crippen MR) is 121 cm³/mol. The highest BCUT2D eigenvalue weighted by Crippen LogP contribution is 2.31. The average Bonchev–Trinajstić information content (AvgIpc) is 3.22. The maximum absolute atomic E-state index is 13.1. The monoisotopic (exact) mass is 410 g/mol. The van der Waals surface area contributed by atoms with Gasteiger partial charge in [0.2, 0.25) is 5.91 Å². The molecule has 0 unspecified atom stereocenters. The van der Waals surface area contributed by atoms with Crippen molar-refractivity contribution in [1.29, 1.82) is 0 Å². The van der Waals surface area contributed by atoms with Crippen molar-refractivity contribution in [2.24, 2.45) is 0 Å². The van der Waals surface area contributed by atoms with Crippen molar-refractivity contribution in [2.75, 3.05) is 11.9 Å². The Bertz CT molecular complexity index is 1290. The molecule has 1 aromatic heterocycles. The van der Waals surface area contributed by atoms with Crippen molar-refractivity contribution in [2.45, 2.75) is 19.9 Å². The first-order valence-corrected chi connectivity index (χ1v) is 10.3. The van der Waals surface area contributed by atoms with Gasteiger partial charge in [0.15, 0.2) is 0 Å². The molecule has 0 radical (unpaired) electrons. The van der Waals surface area contributed by atoms with Gasteiger partial charge in [-0.2, -0.15) is 0 Å². The van der Waals surface area contributed by atoms with E-state index in [4.69, 9.17) is 4.42 Å². The molecule has 154 valence electrons. The van der Waals surface area contributed by atoms with E-state index >= 15 is 0 Å². The van der Waals surface area contributed by atoms with Crippen LogP contribution in [0.3, 0.4) is 0 Å². The molecule has 0 fully saturated rings. The van der Waals surface area contributed by atoms with E-state index in [9.17, 15) is 9.59 Å². The minimum Gasteiger partial charge on any atom is -0.461 e. The van der Waals surface area contributed by atoms with E-state index in [1.807, 2.05) is 77.7 Å². The molecule has 2 amide bonds. The molecule has 0 bridgehead atoms. The van der Waals surface area contributed by atoms with Crippen molar-refractivity contribution < 1.29 is 14.0 Å². The number of carbonyl (C=O) groups is 2. The lowest BCUT2D eigenvalue weighted by Gasteiger charge is -2.26. The quantitative estimate of drug-likeness (QED) is 0.501. The molecule has 0 saturated carbocycles. The first kappa shape index (κ1) is 19.1. The summed E-state index contributed by atoms with van der Waals surface area (Å²) in [6, 6.07) is 23.5. The highest BCUT2D eigenvalue weighted by Gasteiger charge is 2.25. The highest BCUT2D eigenvalue weighted by atomic mass is 16.3. The van der Waals surface area contributed by atoms with Crippen molar-refractivity contribution in [1.82, 2.24) is 4.90 Å². The van der Waals surface area contributed by atoms with Gasteiger partial charge in [-0.3, -0.25) is 9.59 Å². The van der Waals surface area contributed by atoms with Crippen LogP contribution in [0, 0.1) is 0 Å². The van der Waals surface area contributed by atoms with Crippen LogP contribution in [0.25, 0.3) is 22.1 Å². The van der Waals surface area contributed by atoms with Crippen LogP contribution < -0.4 is 5.32 Å². The summed E-state index contributed by atoms with van der Waals surface area (Å²) >= 11 is 0. The van der Waals surface area contributed by atoms with Crippen LogP contribution in [0.15, 0.2) is 77.2 Å². The molecule has 1 N–H and O–H groups in total. The Morgan fingerprint density at radius 1 is 0.935 bits per heavy atom. The second-order valence-electron chi connectivity index (χ2n) is 7.86. The summed E-state index contributed by atoms with van der Waals surface area (Å²) in [5.74, 6) is 1.65.